The highest BCUT2D eigenvalue weighted by atomic mass is 35.5. The van der Waals surface area contributed by atoms with Crippen molar-refractivity contribution in [3.8, 4) is 0 Å². The van der Waals surface area contributed by atoms with Crippen molar-refractivity contribution in [3.63, 3.8) is 0 Å². The van der Waals surface area contributed by atoms with Crippen LogP contribution in [0.2, 0.25) is 5.02 Å². The van der Waals surface area contributed by atoms with Gasteiger partial charge in [0.15, 0.2) is 0 Å². The third-order valence-electron chi connectivity index (χ3n) is 6.27. The molecular formula is C24H24ClFN4O. The standard InChI is InChI=1S/C24H24ClFN4O/c25-19-4-2-6-21(14-19)28-9-11-29(12-10-28)24(31)22-16-30-15-18(7-8-23(30)27-22)17-3-1-5-20(26)13-17/h1-6,13-14,16,18H,7-12,15H2. The number of nitrogens with zero attached hydrogens (tertiary/aromatic N) is 4. The van der Waals surface area contributed by atoms with E-state index in [9.17, 15) is 9.18 Å². The average molecular weight is 439 g/mol. The van der Waals surface area contributed by atoms with Gasteiger partial charge in [0.2, 0.25) is 0 Å². The number of fused-ring (bicyclic) bond motifs is 1. The van der Waals surface area contributed by atoms with E-state index < -0.39 is 0 Å². The van der Waals surface area contributed by atoms with Crippen molar-refractivity contribution in [2.75, 3.05) is 31.1 Å². The first kappa shape index (κ1) is 20.1. The number of hydrogen-bond donors (Lipinski definition) is 0. The smallest absolute Gasteiger partial charge is 0.274 e. The van der Waals surface area contributed by atoms with Crippen LogP contribution in [0.15, 0.2) is 54.7 Å². The molecule has 3 heterocycles. The Morgan fingerprint density at radius 1 is 1.06 bits per heavy atom. The van der Waals surface area contributed by atoms with Crippen molar-refractivity contribution in [1.82, 2.24) is 14.5 Å². The molecule has 1 amide bonds. The van der Waals surface area contributed by atoms with Crippen LogP contribution in [0.1, 0.15) is 34.2 Å². The molecule has 0 aliphatic carbocycles. The largest absolute Gasteiger partial charge is 0.368 e. The minimum Gasteiger partial charge on any atom is -0.368 e. The van der Waals surface area contributed by atoms with Gasteiger partial charge in [0.05, 0.1) is 0 Å². The van der Waals surface area contributed by atoms with Gasteiger partial charge in [-0.15, -0.1) is 0 Å². The molecule has 1 aromatic heterocycles. The Hall–Kier alpha value is -2.86. The summed E-state index contributed by atoms with van der Waals surface area (Å²) in [6.07, 6.45) is 3.57. The molecule has 0 spiro atoms. The Kier molecular flexibility index (Phi) is 5.40. The molecule has 2 aliphatic rings. The average Bonchev–Trinajstić information content (AvgIpc) is 3.22. The maximum Gasteiger partial charge on any atom is 0.274 e. The van der Waals surface area contributed by atoms with Gasteiger partial charge in [0.25, 0.3) is 5.91 Å². The predicted molar refractivity (Wildman–Crippen MR) is 119 cm³/mol. The minimum absolute atomic E-state index is 0.0186. The Balaban J connectivity index is 1.25. The Morgan fingerprint density at radius 3 is 2.65 bits per heavy atom. The molecule has 2 aliphatic heterocycles. The van der Waals surface area contributed by atoms with Crippen LogP contribution in [-0.4, -0.2) is 46.5 Å². The first-order valence-electron chi connectivity index (χ1n) is 10.7. The molecule has 1 fully saturated rings. The van der Waals surface area contributed by atoms with E-state index in [4.69, 9.17) is 11.6 Å². The van der Waals surface area contributed by atoms with Gasteiger partial charge in [-0.2, -0.15) is 0 Å². The number of amides is 1. The van der Waals surface area contributed by atoms with Gasteiger partial charge >= 0.3 is 0 Å². The van der Waals surface area contributed by atoms with Crippen molar-refractivity contribution in [2.45, 2.75) is 25.3 Å². The molecule has 1 saturated heterocycles. The molecule has 5 rings (SSSR count). The number of anilines is 1. The van der Waals surface area contributed by atoms with Gasteiger partial charge in [0, 0.05) is 62.0 Å². The molecule has 7 heteroatoms. The van der Waals surface area contributed by atoms with Crippen LogP contribution in [0.25, 0.3) is 0 Å². The van der Waals surface area contributed by atoms with E-state index in [1.54, 1.807) is 12.1 Å². The van der Waals surface area contributed by atoms with Crippen LogP contribution in [0.3, 0.4) is 0 Å². The fourth-order valence-corrected chi connectivity index (χ4v) is 4.77. The van der Waals surface area contributed by atoms with Gasteiger partial charge < -0.3 is 14.4 Å². The van der Waals surface area contributed by atoms with Crippen LogP contribution in [0.5, 0.6) is 0 Å². The van der Waals surface area contributed by atoms with Crippen molar-refractivity contribution in [1.29, 1.82) is 0 Å². The number of hydrogen-bond acceptors (Lipinski definition) is 3. The van der Waals surface area contributed by atoms with E-state index >= 15 is 0 Å². The number of carbonyl (C=O) groups excluding carboxylic acids is 1. The number of imidazole rings is 1. The van der Waals surface area contributed by atoms with Gasteiger partial charge in [-0.25, -0.2) is 9.37 Å². The van der Waals surface area contributed by atoms with E-state index in [1.165, 1.54) is 6.07 Å². The highest BCUT2D eigenvalue weighted by Gasteiger charge is 2.27. The zero-order valence-corrected chi connectivity index (χ0v) is 17.9. The number of carbonyl (C=O) groups is 1. The minimum atomic E-state index is -0.207. The summed E-state index contributed by atoms with van der Waals surface area (Å²) in [5.41, 5.74) is 2.59. The number of aromatic nitrogens is 2. The Bertz CT molecular complexity index is 1110. The van der Waals surface area contributed by atoms with Crippen molar-refractivity contribution in [2.24, 2.45) is 0 Å². The third-order valence-corrected chi connectivity index (χ3v) is 6.51. The number of benzene rings is 2. The van der Waals surface area contributed by atoms with E-state index in [0.717, 1.165) is 54.6 Å². The Labute approximate surface area is 186 Å². The van der Waals surface area contributed by atoms with Crippen LogP contribution in [0.4, 0.5) is 10.1 Å². The molecule has 1 atom stereocenters. The quantitative estimate of drug-likeness (QED) is 0.609. The summed E-state index contributed by atoms with van der Waals surface area (Å²) in [6.45, 7) is 3.56. The Morgan fingerprint density at radius 2 is 1.87 bits per heavy atom. The molecule has 0 saturated carbocycles. The second-order valence-corrected chi connectivity index (χ2v) is 8.68. The molecule has 1 unspecified atom stereocenters. The molecular weight excluding hydrogens is 415 g/mol. The molecule has 2 aromatic carbocycles. The SMILES string of the molecule is O=C(c1cn2c(n1)CCC(c1cccc(F)c1)C2)N1CCN(c2cccc(Cl)c2)CC1. The van der Waals surface area contributed by atoms with Crippen LogP contribution < -0.4 is 4.90 Å². The number of aryl methyl sites for hydroxylation is 1. The normalized spacial score (nSPS) is 18.7. The lowest BCUT2D eigenvalue weighted by molar-refractivity contribution is 0.0741. The monoisotopic (exact) mass is 438 g/mol. The van der Waals surface area contributed by atoms with Gasteiger partial charge in [-0.1, -0.05) is 29.8 Å². The topological polar surface area (TPSA) is 41.4 Å². The second kappa shape index (κ2) is 8.35. The maximum atomic E-state index is 13.6. The second-order valence-electron chi connectivity index (χ2n) is 8.24. The number of piperazine rings is 1. The van der Waals surface area contributed by atoms with Crippen molar-refractivity contribution < 1.29 is 9.18 Å². The van der Waals surface area contributed by atoms with Crippen molar-refractivity contribution >= 4 is 23.2 Å². The first-order chi connectivity index (χ1) is 15.1. The fraction of sp³-hybridized carbons (Fsp3) is 0.333. The van der Waals surface area contributed by atoms with Gasteiger partial charge in [-0.05, 0) is 42.3 Å². The summed E-state index contributed by atoms with van der Waals surface area (Å²) in [4.78, 5) is 21.8. The van der Waals surface area contributed by atoms with Crippen LogP contribution >= 0.6 is 11.6 Å². The number of rotatable bonds is 3. The highest BCUT2D eigenvalue weighted by molar-refractivity contribution is 6.30. The molecule has 0 radical (unpaired) electrons. The van der Waals surface area contributed by atoms with Gasteiger partial charge in [0.1, 0.15) is 17.3 Å². The summed E-state index contributed by atoms with van der Waals surface area (Å²) >= 11 is 6.11. The molecule has 3 aromatic rings. The summed E-state index contributed by atoms with van der Waals surface area (Å²) in [5.74, 6) is 0.951. The lowest BCUT2D eigenvalue weighted by atomic mass is 9.91. The maximum absolute atomic E-state index is 13.6. The van der Waals surface area contributed by atoms with Crippen molar-refractivity contribution in [3.05, 3.63) is 82.6 Å². The molecule has 31 heavy (non-hydrogen) atoms. The lowest BCUT2D eigenvalue weighted by Crippen LogP contribution is -2.48. The van der Waals surface area contributed by atoms with E-state index in [1.807, 2.05) is 41.4 Å². The summed E-state index contributed by atoms with van der Waals surface area (Å²) in [7, 11) is 0. The van der Waals surface area contributed by atoms with Crippen LogP contribution in [0, 0.1) is 5.82 Å². The van der Waals surface area contributed by atoms with Gasteiger partial charge in [-0.3, -0.25) is 4.79 Å². The van der Waals surface area contributed by atoms with E-state index in [2.05, 4.69) is 14.5 Å². The fourth-order valence-electron chi connectivity index (χ4n) is 4.58. The lowest BCUT2D eigenvalue weighted by Gasteiger charge is -2.35. The zero-order chi connectivity index (χ0) is 21.4. The number of halogens is 2. The molecule has 160 valence electrons. The zero-order valence-electron chi connectivity index (χ0n) is 17.2. The molecule has 5 nitrogen and oxygen atoms in total. The van der Waals surface area contributed by atoms with E-state index in [-0.39, 0.29) is 17.6 Å². The molecule has 0 N–H and O–H groups in total. The highest BCUT2D eigenvalue weighted by Crippen LogP contribution is 2.29. The van der Waals surface area contributed by atoms with E-state index in [0.29, 0.717) is 18.8 Å². The third kappa shape index (κ3) is 4.17. The predicted octanol–water partition coefficient (Wildman–Crippen LogP) is 4.37. The summed E-state index contributed by atoms with van der Waals surface area (Å²) in [6, 6.07) is 14.6. The summed E-state index contributed by atoms with van der Waals surface area (Å²) in [5, 5.41) is 0.719. The van der Waals surface area contributed by atoms with Crippen LogP contribution in [-0.2, 0) is 13.0 Å². The first-order valence-corrected chi connectivity index (χ1v) is 11.1. The summed E-state index contributed by atoms with van der Waals surface area (Å²) < 4.78 is 15.7. The molecule has 0 bridgehead atoms.